The lowest BCUT2D eigenvalue weighted by molar-refractivity contribution is -0.150. The Bertz CT molecular complexity index is 302. The van der Waals surface area contributed by atoms with Crippen molar-refractivity contribution in [1.29, 1.82) is 5.26 Å². The van der Waals surface area contributed by atoms with Crippen LogP contribution in [0.4, 0.5) is 0 Å². The molecule has 0 saturated heterocycles. The molecular weight excluding hydrogens is 202 g/mol. The minimum atomic E-state index is -1.08. The van der Waals surface area contributed by atoms with E-state index in [1.165, 1.54) is 0 Å². The zero-order valence-electron chi connectivity index (χ0n) is 10.7. The second kappa shape index (κ2) is 7.05. The van der Waals surface area contributed by atoms with E-state index in [-0.39, 0.29) is 0 Å². The van der Waals surface area contributed by atoms with Gasteiger partial charge < -0.3 is 4.74 Å². The molecule has 90 valence electrons. The third kappa shape index (κ3) is 2.85. The first-order chi connectivity index (χ1) is 7.62. The van der Waals surface area contributed by atoms with Gasteiger partial charge in [-0.05, 0) is 32.3 Å². The molecule has 16 heavy (non-hydrogen) atoms. The number of hydrogen-bond donors (Lipinski definition) is 0. The van der Waals surface area contributed by atoms with Crippen LogP contribution in [0.2, 0.25) is 0 Å². The summed E-state index contributed by atoms with van der Waals surface area (Å²) in [5.41, 5.74) is -0.218. The molecule has 0 bridgehead atoms. The van der Waals surface area contributed by atoms with E-state index < -0.39 is 11.4 Å². The van der Waals surface area contributed by atoms with Crippen LogP contribution in [0, 0.1) is 16.7 Å². The number of hydrogen-bond acceptors (Lipinski definition) is 3. The van der Waals surface area contributed by atoms with E-state index in [1.807, 2.05) is 26.8 Å². The fraction of sp³-hybridized carbons (Fsp3) is 0.692. The molecule has 0 aromatic heterocycles. The first kappa shape index (κ1) is 14.7. The Kier molecular flexibility index (Phi) is 6.48. The van der Waals surface area contributed by atoms with Gasteiger partial charge in [-0.2, -0.15) is 5.26 Å². The molecule has 0 heterocycles. The number of esters is 1. The molecule has 0 rings (SSSR count). The lowest BCUT2D eigenvalue weighted by Gasteiger charge is -2.26. The van der Waals surface area contributed by atoms with Gasteiger partial charge in [0.05, 0.1) is 12.7 Å². The maximum absolute atomic E-state index is 12.0. The van der Waals surface area contributed by atoms with Crippen LogP contribution in [0.25, 0.3) is 0 Å². The Morgan fingerprint density at radius 2 is 2.06 bits per heavy atom. The van der Waals surface area contributed by atoms with E-state index in [1.54, 1.807) is 6.92 Å². The summed E-state index contributed by atoms with van der Waals surface area (Å²) in [6.45, 7) is 7.85. The van der Waals surface area contributed by atoms with Gasteiger partial charge >= 0.3 is 5.97 Å². The highest BCUT2D eigenvalue weighted by molar-refractivity contribution is 5.84. The van der Waals surface area contributed by atoms with Crippen molar-refractivity contribution in [3.05, 3.63) is 11.6 Å². The van der Waals surface area contributed by atoms with Crippen LogP contribution in [0.3, 0.4) is 0 Å². The van der Waals surface area contributed by atoms with Crippen molar-refractivity contribution < 1.29 is 9.53 Å². The van der Waals surface area contributed by atoms with Crippen molar-refractivity contribution in [3.8, 4) is 6.07 Å². The first-order valence-electron chi connectivity index (χ1n) is 5.86. The number of rotatable bonds is 6. The zero-order chi connectivity index (χ0) is 12.6. The van der Waals surface area contributed by atoms with Crippen molar-refractivity contribution in [2.45, 2.75) is 47.0 Å². The molecule has 1 unspecified atom stereocenters. The Hall–Kier alpha value is -1.30. The molecule has 0 saturated carbocycles. The van der Waals surface area contributed by atoms with Gasteiger partial charge in [0.25, 0.3) is 0 Å². The Labute approximate surface area is 98.1 Å². The molecule has 0 N–H and O–H groups in total. The highest BCUT2D eigenvalue weighted by Gasteiger charge is 2.42. The van der Waals surface area contributed by atoms with Crippen LogP contribution in [-0.2, 0) is 9.53 Å². The molecule has 0 amide bonds. The van der Waals surface area contributed by atoms with Gasteiger partial charge in [0.15, 0.2) is 5.41 Å². The molecule has 3 nitrogen and oxygen atoms in total. The standard InChI is InChI=1S/C13H21NO2/c1-5-9-13(10-14,11(6-2)7-3)12(15)16-8-4/h6H,5,7-9H2,1-4H3/b11-6+. The maximum Gasteiger partial charge on any atom is 0.330 e. The zero-order valence-corrected chi connectivity index (χ0v) is 10.7. The van der Waals surface area contributed by atoms with Crippen molar-refractivity contribution in [2.24, 2.45) is 5.41 Å². The van der Waals surface area contributed by atoms with Crippen LogP contribution < -0.4 is 0 Å². The van der Waals surface area contributed by atoms with Gasteiger partial charge in [-0.15, -0.1) is 0 Å². The molecule has 3 heteroatoms. The van der Waals surface area contributed by atoms with Gasteiger partial charge in [0.1, 0.15) is 0 Å². The molecule has 0 aliphatic heterocycles. The Balaban J connectivity index is 5.32. The van der Waals surface area contributed by atoms with Gasteiger partial charge in [-0.25, -0.2) is 4.79 Å². The summed E-state index contributed by atoms with van der Waals surface area (Å²) in [5.74, 6) is -0.408. The minimum absolute atomic E-state index is 0.312. The predicted molar refractivity (Wildman–Crippen MR) is 63.6 cm³/mol. The third-order valence-corrected chi connectivity index (χ3v) is 2.72. The first-order valence-corrected chi connectivity index (χ1v) is 5.86. The monoisotopic (exact) mass is 223 g/mol. The molecule has 0 aromatic carbocycles. The molecule has 0 aliphatic carbocycles. The number of nitriles is 1. The topological polar surface area (TPSA) is 50.1 Å². The predicted octanol–water partition coefficient (Wildman–Crippen LogP) is 3.22. The van der Waals surface area contributed by atoms with Crippen molar-refractivity contribution in [3.63, 3.8) is 0 Å². The van der Waals surface area contributed by atoms with Gasteiger partial charge in [-0.1, -0.05) is 26.3 Å². The van der Waals surface area contributed by atoms with Crippen molar-refractivity contribution >= 4 is 5.97 Å². The van der Waals surface area contributed by atoms with Crippen LogP contribution in [0.1, 0.15) is 47.0 Å². The van der Waals surface area contributed by atoms with Gasteiger partial charge in [-0.3, -0.25) is 0 Å². The highest BCUT2D eigenvalue weighted by Crippen LogP contribution is 2.35. The van der Waals surface area contributed by atoms with Crippen molar-refractivity contribution in [2.75, 3.05) is 6.61 Å². The van der Waals surface area contributed by atoms with Gasteiger partial charge in [0, 0.05) is 0 Å². The van der Waals surface area contributed by atoms with Gasteiger partial charge in [0.2, 0.25) is 0 Å². The van der Waals surface area contributed by atoms with E-state index >= 15 is 0 Å². The minimum Gasteiger partial charge on any atom is -0.465 e. The lowest BCUT2D eigenvalue weighted by atomic mass is 9.76. The summed E-state index contributed by atoms with van der Waals surface area (Å²) in [6.07, 6.45) is 3.86. The Morgan fingerprint density at radius 1 is 1.44 bits per heavy atom. The van der Waals surface area contributed by atoms with E-state index in [9.17, 15) is 10.1 Å². The summed E-state index contributed by atoms with van der Waals surface area (Å²) in [7, 11) is 0. The van der Waals surface area contributed by atoms with Crippen LogP contribution in [0.5, 0.6) is 0 Å². The molecule has 0 radical (unpaired) electrons. The lowest BCUT2D eigenvalue weighted by Crippen LogP contribution is -2.33. The van der Waals surface area contributed by atoms with Crippen LogP contribution in [-0.4, -0.2) is 12.6 Å². The fourth-order valence-corrected chi connectivity index (χ4v) is 1.95. The summed E-state index contributed by atoms with van der Waals surface area (Å²) in [5, 5.41) is 9.35. The molecule has 0 spiro atoms. The summed E-state index contributed by atoms with van der Waals surface area (Å²) in [6, 6.07) is 2.16. The summed E-state index contributed by atoms with van der Waals surface area (Å²) < 4.78 is 5.03. The number of allylic oxidation sites excluding steroid dienone is 1. The number of carbonyl (C=O) groups is 1. The van der Waals surface area contributed by atoms with E-state index in [2.05, 4.69) is 6.07 Å². The van der Waals surface area contributed by atoms with E-state index in [0.29, 0.717) is 19.4 Å². The highest BCUT2D eigenvalue weighted by atomic mass is 16.5. The average Bonchev–Trinajstić information content (AvgIpc) is 2.29. The quantitative estimate of drug-likeness (QED) is 0.513. The number of carbonyl (C=O) groups excluding carboxylic acids is 1. The number of ether oxygens (including phenoxy) is 1. The van der Waals surface area contributed by atoms with E-state index in [0.717, 1.165) is 12.0 Å². The number of nitrogens with zero attached hydrogens (tertiary/aromatic N) is 1. The van der Waals surface area contributed by atoms with E-state index in [4.69, 9.17) is 4.74 Å². The summed E-state index contributed by atoms with van der Waals surface area (Å²) >= 11 is 0. The smallest absolute Gasteiger partial charge is 0.330 e. The molecule has 0 aromatic rings. The molecule has 0 aliphatic rings. The molecule has 0 fully saturated rings. The normalized spacial score (nSPS) is 15.1. The molecular formula is C13H21NO2. The van der Waals surface area contributed by atoms with Crippen molar-refractivity contribution in [1.82, 2.24) is 0 Å². The molecule has 1 atom stereocenters. The fourth-order valence-electron chi connectivity index (χ4n) is 1.95. The second-order valence-electron chi connectivity index (χ2n) is 3.66. The SMILES string of the molecule is C/C=C(\CC)C(C#N)(CCC)C(=O)OCC. The maximum atomic E-state index is 12.0. The Morgan fingerprint density at radius 3 is 2.38 bits per heavy atom. The summed E-state index contributed by atoms with van der Waals surface area (Å²) in [4.78, 5) is 12.0. The van der Waals surface area contributed by atoms with Crippen LogP contribution >= 0.6 is 0 Å². The average molecular weight is 223 g/mol. The van der Waals surface area contributed by atoms with Crippen LogP contribution in [0.15, 0.2) is 11.6 Å². The largest absolute Gasteiger partial charge is 0.465 e. The third-order valence-electron chi connectivity index (χ3n) is 2.72. The second-order valence-corrected chi connectivity index (χ2v) is 3.66.